The highest BCUT2D eigenvalue weighted by Crippen LogP contribution is 2.30. The highest BCUT2D eigenvalue weighted by molar-refractivity contribution is 5.39. The van der Waals surface area contributed by atoms with Crippen molar-refractivity contribution in [1.82, 2.24) is 15.1 Å². The van der Waals surface area contributed by atoms with E-state index in [9.17, 15) is 0 Å². The Kier molecular flexibility index (Phi) is 2.30. The molecular weight excluding hydrogens is 210 g/mol. The number of aromatic nitrogens is 2. The largest absolute Gasteiger partial charge is 0.312 e. The zero-order chi connectivity index (χ0) is 11.9. The van der Waals surface area contributed by atoms with Crippen molar-refractivity contribution in [3.63, 3.8) is 0 Å². The molecule has 0 aliphatic carbocycles. The number of nitrogens with zero attached hydrogens (tertiary/aromatic N) is 2. The smallest absolute Gasteiger partial charge is 0.0649 e. The van der Waals surface area contributed by atoms with E-state index in [1.165, 1.54) is 11.3 Å². The van der Waals surface area contributed by atoms with Crippen LogP contribution >= 0.6 is 0 Å². The van der Waals surface area contributed by atoms with E-state index in [1.807, 2.05) is 12.3 Å². The standard InChI is InChI=1S/C14H17N3/c1-14(2)10-15-8-11-9-16-17(13(11)14)12-6-4-3-5-7-12/h3-7,9,15H,8,10H2,1-2H3. The van der Waals surface area contributed by atoms with E-state index < -0.39 is 0 Å². The van der Waals surface area contributed by atoms with Crippen LogP contribution in [-0.2, 0) is 12.0 Å². The lowest BCUT2D eigenvalue weighted by Gasteiger charge is -2.31. The molecule has 1 aromatic heterocycles. The van der Waals surface area contributed by atoms with Gasteiger partial charge < -0.3 is 5.32 Å². The number of hydrogen-bond acceptors (Lipinski definition) is 2. The highest BCUT2D eigenvalue weighted by atomic mass is 15.3. The Hall–Kier alpha value is -1.61. The lowest BCUT2D eigenvalue weighted by Crippen LogP contribution is -2.39. The number of hydrogen-bond donors (Lipinski definition) is 1. The molecule has 0 spiro atoms. The molecule has 0 radical (unpaired) electrons. The van der Waals surface area contributed by atoms with Crippen molar-refractivity contribution >= 4 is 0 Å². The summed E-state index contributed by atoms with van der Waals surface area (Å²) in [5.74, 6) is 0. The van der Waals surface area contributed by atoms with Crippen LogP contribution in [0, 0.1) is 0 Å². The second-order valence-electron chi connectivity index (χ2n) is 5.25. The number of rotatable bonds is 1. The minimum atomic E-state index is 0.125. The normalized spacial score (nSPS) is 17.8. The third-order valence-corrected chi connectivity index (χ3v) is 3.37. The molecule has 2 aromatic rings. The number of fused-ring (bicyclic) bond motifs is 1. The van der Waals surface area contributed by atoms with Gasteiger partial charge in [-0.25, -0.2) is 4.68 Å². The summed E-state index contributed by atoms with van der Waals surface area (Å²) in [4.78, 5) is 0. The van der Waals surface area contributed by atoms with Crippen molar-refractivity contribution in [2.45, 2.75) is 25.8 Å². The van der Waals surface area contributed by atoms with Gasteiger partial charge in [0.15, 0.2) is 0 Å². The van der Waals surface area contributed by atoms with E-state index in [-0.39, 0.29) is 5.41 Å². The lowest BCUT2D eigenvalue weighted by atomic mass is 9.84. The molecule has 3 rings (SSSR count). The average Bonchev–Trinajstić information content (AvgIpc) is 2.75. The lowest BCUT2D eigenvalue weighted by molar-refractivity contribution is 0.414. The Morgan fingerprint density at radius 1 is 1.24 bits per heavy atom. The molecule has 88 valence electrons. The van der Waals surface area contributed by atoms with Crippen LogP contribution in [0.4, 0.5) is 0 Å². The molecule has 1 N–H and O–H groups in total. The van der Waals surface area contributed by atoms with Gasteiger partial charge in [-0.3, -0.25) is 0 Å². The minimum Gasteiger partial charge on any atom is -0.312 e. The van der Waals surface area contributed by atoms with Gasteiger partial charge in [0.25, 0.3) is 0 Å². The van der Waals surface area contributed by atoms with Gasteiger partial charge in [-0.2, -0.15) is 5.10 Å². The SMILES string of the molecule is CC1(C)CNCc2cnn(-c3ccccc3)c21. The molecule has 0 fully saturated rings. The van der Waals surface area contributed by atoms with E-state index in [1.54, 1.807) is 0 Å². The first-order valence-corrected chi connectivity index (χ1v) is 6.02. The summed E-state index contributed by atoms with van der Waals surface area (Å²) in [7, 11) is 0. The quantitative estimate of drug-likeness (QED) is 0.809. The second kappa shape index (κ2) is 3.70. The third kappa shape index (κ3) is 1.67. The van der Waals surface area contributed by atoms with E-state index in [0.717, 1.165) is 18.8 Å². The van der Waals surface area contributed by atoms with Crippen molar-refractivity contribution in [1.29, 1.82) is 0 Å². The van der Waals surface area contributed by atoms with E-state index in [2.05, 4.69) is 53.2 Å². The molecule has 1 aliphatic heterocycles. The van der Waals surface area contributed by atoms with Gasteiger partial charge in [0.1, 0.15) is 0 Å². The van der Waals surface area contributed by atoms with Crippen LogP contribution in [0.5, 0.6) is 0 Å². The Morgan fingerprint density at radius 2 is 2.00 bits per heavy atom. The van der Waals surface area contributed by atoms with Gasteiger partial charge in [-0.1, -0.05) is 32.0 Å². The summed E-state index contributed by atoms with van der Waals surface area (Å²) >= 11 is 0. The van der Waals surface area contributed by atoms with E-state index >= 15 is 0 Å². The monoisotopic (exact) mass is 227 g/mol. The first-order valence-electron chi connectivity index (χ1n) is 6.02. The Bertz CT molecular complexity index is 526. The molecule has 0 saturated carbocycles. The van der Waals surface area contributed by atoms with Gasteiger partial charge in [0.2, 0.25) is 0 Å². The molecule has 0 unspecified atom stereocenters. The molecule has 0 saturated heterocycles. The van der Waals surface area contributed by atoms with Gasteiger partial charge in [-0.05, 0) is 12.1 Å². The van der Waals surface area contributed by atoms with E-state index in [0.29, 0.717) is 0 Å². The molecule has 1 aliphatic rings. The molecule has 2 heterocycles. The molecule has 0 amide bonds. The second-order valence-corrected chi connectivity index (χ2v) is 5.25. The fourth-order valence-corrected chi connectivity index (χ4v) is 2.59. The maximum absolute atomic E-state index is 4.54. The predicted molar refractivity (Wildman–Crippen MR) is 68.3 cm³/mol. The molecule has 1 aromatic carbocycles. The van der Waals surface area contributed by atoms with E-state index in [4.69, 9.17) is 0 Å². The zero-order valence-corrected chi connectivity index (χ0v) is 10.3. The van der Waals surface area contributed by atoms with Gasteiger partial charge in [0.05, 0.1) is 17.6 Å². The number of benzene rings is 1. The zero-order valence-electron chi connectivity index (χ0n) is 10.3. The van der Waals surface area contributed by atoms with Crippen LogP contribution in [0.2, 0.25) is 0 Å². The van der Waals surface area contributed by atoms with Crippen LogP contribution in [-0.4, -0.2) is 16.3 Å². The summed E-state index contributed by atoms with van der Waals surface area (Å²) in [6.07, 6.45) is 1.98. The van der Waals surface area contributed by atoms with Gasteiger partial charge >= 0.3 is 0 Å². The van der Waals surface area contributed by atoms with Crippen LogP contribution < -0.4 is 5.32 Å². The first kappa shape index (κ1) is 10.5. The van der Waals surface area contributed by atoms with Crippen LogP contribution in [0.25, 0.3) is 5.69 Å². The highest BCUT2D eigenvalue weighted by Gasteiger charge is 2.31. The average molecular weight is 227 g/mol. The Labute approximate surface area is 101 Å². The van der Waals surface area contributed by atoms with Crippen LogP contribution in [0.3, 0.4) is 0 Å². The van der Waals surface area contributed by atoms with Gasteiger partial charge in [0, 0.05) is 24.1 Å². The summed E-state index contributed by atoms with van der Waals surface area (Å²) in [5.41, 5.74) is 3.91. The summed E-state index contributed by atoms with van der Waals surface area (Å²) in [6, 6.07) is 10.3. The van der Waals surface area contributed by atoms with Crippen molar-refractivity contribution in [3.8, 4) is 5.69 Å². The fourth-order valence-electron chi connectivity index (χ4n) is 2.59. The summed E-state index contributed by atoms with van der Waals surface area (Å²) < 4.78 is 2.08. The third-order valence-electron chi connectivity index (χ3n) is 3.37. The van der Waals surface area contributed by atoms with Crippen molar-refractivity contribution in [2.75, 3.05) is 6.54 Å². The minimum absolute atomic E-state index is 0.125. The number of nitrogens with one attached hydrogen (secondary N) is 1. The molecule has 0 atom stereocenters. The molecule has 0 bridgehead atoms. The Morgan fingerprint density at radius 3 is 2.76 bits per heavy atom. The summed E-state index contributed by atoms with van der Waals surface area (Å²) in [6.45, 7) is 6.45. The van der Waals surface area contributed by atoms with Crippen molar-refractivity contribution in [3.05, 3.63) is 47.8 Å². The first-order chi connectivity index (χ1) is 8.18. The predicted octanol–water partition coefficient (Wildman–Crippen LogP) is 2.25. The molecule has 17 heavy (non-hydrogen) atoms. The maximum atomic E-state index is 4.54. The molecule has 3 nitrogen and oxygen atoms in total. The topological polar surface area (TPSA) is 29.9 Å². The van der Waals surface area contributed by atoms with Crippen molar-refractivity contribution < 1.29 is 0 Å². The molecular formula is C14H17N3. The fraction of sp³-hybridized carbons (Fsp3) is 0.357. The maximum Gasteiger partial charge on any atom is 0.0649 e. The molecule has 3 heteroatoms. The number of para-hydroxylation sites is 1. The van der Waals surface area contributed by atoms with Gasteiger partial charge in [-0.15, -0.1) is 0 Å². The van der Waals surface area contributed by atoms with Crippen molar-refractivity contribution in [2.24, 2.45) is 0 Å². The summed E-state index contributed by atoms with van der Waals surface area (Å²) in [5, 5.41) is 7.98. The van der Waals surface area contributed by atoms with Crippen LogP contribution in [0.1, 0.15) is 25.1 Å². The Balaban J connectivity index is 2.18. The van der Waals surface area contributed by atoms with Crippen LogP contribution in [0.15, 0.2) is 36.5 Å².